The van der Waals surface area contributed by atoms with Crippen LogP contribution in [0.1, 0.15) is 66.7 Å². The second-order valence-electron chi connectivity index (χ2n) is 10.6. The third-order valence-corrected chi connectivity index (χ3v) is 7.08. The Morgan fingerprint density at radius 3 is 2.00 bits per heavy atom. The van der Waals surface area contributed by atoms with Crippen molar-refractivity contribution in [3.05, 3.63) is 0 Å². The molecule has 1 aliphatic carbocycles. The predicted molar refractivity (Wildman–Crippen MR) is 95.1 cm³/mol. The highest BCUT2D eigenvalue weighted by Crippen LogP contribution is 2.57. The van der Waals surface area contributed by atoms with Gasteiger partial charge >= 0.3 is 0 Å². The van der Waals surface area contributed by atoms with Crippen molar-refractivity contribution in [2.45, 2.75) is 72.3 Å². The topological polar surface area (TPSA) is 6.48 Å². The molecule has 3 rings (SSSR count). The van der Waals surface area contributed by atoms with Crippen molar-refractivity contribution in [2.75, 3.05) is 33.2 Å². The Balaban J connectivity index is 1.44. The Morgan fingerprint density at radius 1 is 0.955 bits per heavy atom. The molecule has 22 heavy (non-hydrogen) atoms. The minimum absolute atomic E-state index is 0.379. The van der Waals surface area contributed by atoms with E-state index in [1.165, 1.54) is 58.3 Å². The van der Waals surface area contributed by atoms with E-state index >= 15 is 0 Å². The molecule has 1 saturated carbocycles. The van der Waals surface area contributed by atoms with Crippen molar-refractivity contribution in [1.82, 2.24) is 9.80 Å². The molecule has 3 fully saturated rings. The summed E-state index contributed by atoms with van der Waals surface area (Å²) in [7, 11) is 2.27. The third-order valence-electron chi connectivity index (χ3n) is 7.08. The van der Waals surface area contributed by atoms with Gasteiger partial charge in [-0.05, 0) is 95.7 Å². The van der Waals surface area contributed by atoms with Gasteiger partial charge < -0.3 is 4.90 Å². The Hall–Kier alpha value is -0.0800. The lowest BCUT2D eigenvalue weighted by Gasteiger charge is -2.63. The Bertz CT molecular complexity index is 384. The Kier molecular flexibility index (Phi) is 4.18. The van der Waals surface area contributed by atoms with E-state index in [9.17, 15) is 0 Å². The smallest absolute Gasteiger partial charge is 0.0125 e. The SMILES string of the molecule is CN1CCC(C(C)(C)CC2CC3(C2)CN(C(C)(C)C)C3)CC1. The lowest BCUT2D eigenvalue weighted by Crippen LogP contribution is -2.67. The summed E-state index contributed by atoms with van der Waals surface area (Å²) in [4.78, 5) is 5.17. The van der Waals surface area contributed by atoms with Gasteiger partial charge in [-0.1, -0.05) is 13.8 Å². The number of piperidine rings is 1. The second kappa shape index (κ2) is 5.48. The Morgan fingerprint density at radius 2 is 1.50 bits per heavy atom. The van der Waals surface area contributed by atoms with Gasteiger partial charge in [0.25, 0.3) is 0 Å². The first-order chi connectivity index (χ1) is 10.1. The van der Waals surface area contributed by atoms with Crippen LogP contribution in [0.15, 0.2) is 0 Å². The molecule has 2 heterocycles. The molecule has 1 spiro atoms. The molecule has 0 amide bonds. The van der Waals surface area contributed by atoms with Gasteiger partial charge in [0, 0.05) is 18.6 Å². The summed E-state index contributed by atoms with van der Waals surface area (Å²) >= 11 is 0. The van der Waals surface area contributed by atoms with Crippen molar-refractivity contribution in [1.29, 1.82) is 0 Å². The van der Waals surface area contributed by atoms with E-state index in [4.69, 9.17) is 0 Å². The highest BCUT2D eigenvalue weighted by Gasteiger charge is 2.55. The maximum Gasteiger partial charge on any atom is 0.0125 e. The largest absolute Gasteiger partial charge is 0.306 e. The van der Waals surface area contributed by atoms with Gasteiger partial charge in [0.2, 0.25) is 0 Å². The molecule has 2 aliphatic heterocycles. The molecular formula is C20H38N2. The van der Waals surface area contributed by atoms with Crippen molar-refractivity contribution in [3.8, 4) is 0 Å². The molecule has 2 nitrogen and oxygen atoms in total. The fourth-order valence-corrected chi connectivity index (χ4v) is 5.51. The highest BCUT2D eigenvalue weighted by molar-refractivity contribution is 5.07. The summed E-state index contributed by atoms with van der Waals surface area (Å²) in [6.07, 6.45) is 7.32. The first kappa shape index (κ1) is 16.8. The molecular weight excluding hydrogens is 268 g/mol. The summed E-state index contributed by atoms with van der Waals surface area (Å²) in [5, 5.41) is 0. The van der Waals surface area contributed by atoms with E-state index < -0.39 is 0 Å². The van der Waals surface area contributed by atoms with Crippen LogP contribution in [0.5, 0.6) is 0 Å². The summed E-state index contributed by atoms with van der Waals surface area (Å²) < 4.78 is 0. The molecule has 0 aromatic carbocycles. The third kappa shape index (κ3) is 3.24. The van der Waals surface area contributed by atoms with Crippen molar-refractivity contribution in [3.63, 3.8) is 0 Å². The number of nitrogens with zero attached hydrogens (tertiary/aromatic N) is 2. The molecule has 0 bridgehead atoms. The monoisotopic (exact) mass is 306 g/mol. The number of rotatable bonds is 3. The molecule has 2 heteroatoms. The molecule has 0 aromatic heterocycles. The highest BCUT2D eigenvalue weighted by atomic mass is 15.3. The fraction of sp³-hybridized carbons (Fsp3) is 1.00. The zero-order chi connectivity index (χ0) is 16.2. The zero-order valence-electron chi connectivity index (χ0n) is 15.9. The molecule has 128 valence electrons. The second-order valence-corrected chi connectivity index (χ2v) is 10.6. The average molecular weight is 307 g/mol. The van der Waals surface area contributed by atoms with E-state index in [1.807, 2.05) is 0 Å². The summed E-state index contributed by atoms with van der Waals surface area (Å²) in [6, 6.07) is 0. The van der Waals surface area contributed by atoms with Crippen LogP contribution >= 0.6 is 0 Å². The first-order valence-corrected chi connectivity index (χ1v) is 9.53. The van der Waals surface area contributed by atoms with Crippen LogP contribution in [-0.2, 0) is 0 Å². The van der Waals surface area contributed by atoms with Crippen molar-refractivity contribution < 1.29 is 0 Å². The quantitative estimate of drug-likeness (QED) is 0.769. The molecule has 0 unspecified atom stereocenters. The lowest BCUT2D eigenvalue weighted by atomic mass is 9.53. The molecule has 3 aliphatic rings. The lowest BCUT2D eigenvalue weighted by molar-refractivity contribution is -0.139. The van der Waals surface area contributed by atoms with Gasteiger partial charge in [0.05, 0.1) is 0 Å². The van der Waals surface area contributed by atoms with E-state index in [2.05, 4.69) is 51.5 Å². The van der Waals surface area contributed by atoms with Gasteiger partial charge in [-0.2, -0.15) is 0 Å². The maximum atomic E-state index is 2.67. The van der Waals surface area contributed by atoms with E-state index in [-0.39, 0.29) is 0 Å². The molecule has 0 aromatic rings. The van der Waals surface area contributed by atoms with Gasteiger partial charge in [-0.3, -0.25) is 4.90 Å². The van der Waals surface area contributed by atoms with Gasteiger partial charge in [0.1, 0.15) is 0 Å². The molecule has 0 atom stereocenters. The van der Waals surface area contributed by atoms with Crippen molar-refractivity contribution in [2.24, 2.45) is 22.7 Å². The summed E-state index contributed by atoms with van der Waals surface area (Å²) in [6.45, 7) is 17.5. The van der Waals surface area contributed by atoms with Crippen LogP contribution in [0, 0.1) is 22.7 Å². The summed E-state index contributed by atoms with van der Waals surface area (Å²) in [5.74, 6) is 1.96. The fourth-order valence-electron chi connectivity index (χ4n) is 5.51. The predicted octanol–water partition coefficient (Wildman–Crippen LogP) is 4.26. The minimum atomic E-state index is 0.379. The van der Waals surface area contributed by atoms with Gasteiger partial charge in [-0.25, -0.2) is 0 Å². The van der Waals surface area contributed by atoms with Crippen LogP contribution in [0.3, 0.4) is 0 Å². The van der Waals surface area contributed by atoms with E-state index in [0.29, 0.717) is 11.0 Å². The van der Waals surface area contributed by atoms with E-state index in [0.717, 1.165) is 17.3 Å². The number of likely N-dealkylation sites (tertiary alicyclic amines) is 2. The molecule has 0 radical (unpaired) electrons. The minimum Gasteiger partial charge on any atom is -0.306 e. The van der Waals surface area contributed by atoms with Crippen LogP contribution in [0.4, 0.5) is 0 Å². The Labute approximate surface area is 138 Å². The standard InChI is InChI=1S/C20H38N2/c1-18(2,3)22-14-20(15-22)12-16(13-20)11-19(4,5)17-7-9-21(6)10-8-17/h16-17H,7-15H2,1-6H3. The maximum absolute atomic E-state index is 2.67. The van der Waals surface area contributed by atoms with Crippen LogP contribution in [0.2, 0.25) is 0 Å². The summed E-state index contributed by atoms with van der Waals surface area (Å²) in [5.41, 5.74) is 1.66. The van der Waals surface area contributed by atoms with Gasteiger partial charge in [-0.15, -0.1) is 0 Å². The van der Waals surface area contributed by atoms with Crippen LogP contribution < -0.4 is 0 Å². The number of hydrogen-bond acceptors (Lipinski definition) is 2. The van der Waals surface area contributed by atoms with Crippen molar-refractivity contribution >= 4 is 0 Å². The average Bonchev–Trinajstić information content (AvgIpc) is 2.29. The normalized spacial score (nSPS) is 28.6. The van der Waals surface area contributed by atoms with Crippen LogP contribution in [0.25, 0.3) is 0 Å². The number of hydrogen-bond donors (Lipinski definition) is 0. The van der Waals surface area contributed by atoms with Gasteiger partial charge in [0.15, 0.2) is 0 Å². The van der Waals surface area contributed by atoms with E-state index in [1.54, 1.807) is 0 Å². The van der Waals surface area contributed by atoms with Crippen LogP contribution in [-0.4, -0.2) is 48.6 Å². The molecule has 2 saturated heterocycles. The molecule has 0 N–H and O–H groups in total. The first-order valence-electron chi connectivity index (χ1n) is 9.53. The zero-order valence-corrected chi connectivity index (χ0v) is 15.9.